The Morgan fingerprint density at radius 3 is 2.47 bits per heavy atom. The smallest absolute Gasteiger partial charge is 0.0730 e. The molecule has 0 aliphatic heterocycles. The molecule has 0 radical (unpaired) electrons. The number of nitrogens with two attached hydrogens (primary N) is 1. The lowest BCUT2D eigenvalue weighted by Gasteiger charge is -2.04. The average molecular weight is 282 g/mol. The van der Waals surface area contributed by atoms with E-state index >= 15 is 0 Å². The van der Waals surface area contributed by atoms with Gasteiger partial charge in [0.15, 0.2) is 0 Å². The first-order chi connectivity index (χ1) is 7.27. The fourth-order valence-electron chi connectivity index (χ4n) is 1.53. The van der Waals surface area contributed by atoms with Crippen molar-refractivity contribution in [3.05, 3.63) is 50.6 Å². The molecular weight excluding hydrogens is 270 g/mol. The monoisotopic (exact) mass is 281 g/mol. The van der Waals surface area contributed by atoms with Crippen molar-refractivity contribution in [2.24, 2.45) is 0 Å². The molecule has 0 amide bonds. The van der Waals surface area contributed by atoms with Crippen LogP contribution in [-0.2, 0) is 12.8 Å². The summed E-state index contributed by atoms with van der Waals surface area (Å²) in [6.07, 6.45) is 2.04. The Balaban J connectivity index is 2.06. The van der Waals surface area contributed by atoms with Gasteiger partial charge in [0.25, 0.3) is 0 Å². The summed E-state index contributed by atoms with van der Waals surface area (Å²) in [5.41, 5.74) is 9.38. The van der Waals surface area contributed by atoms with E-state index in [9.17, 15) is 0 Å². The van der Waals surface area contributed by atoms with E-state index in [1.807, 2.05) is 18.2 Å². The van der Waals surface area contributed by atoms with Crippen LogP contribution in [0, 0.1) is 0 Å². The lowest BCUT2D eigenvalue weighted by molar-refractivity contribution is 0.965. The quantitative estimate of drug-likeness (QED) is 0.849. The molecular formula is C12H12BrNS. The number of rotatable bonds is 3. The third-order valence-corrected chi connectivity index (χ3v) is 4.22. The van der Waals surface area contributed by atoms with Gasteiger partial charge in [0.2, 0.25) is 0 Å². The van der Waals surface area contributed by atoms with Crippen molar-refractivity contribution < 1.29 is 0 Å². The summed E-state index contributed by atoms with van der Waals surface area (Å²) in [7, 11) is 0. The highest BCUT2D eigenvalue weighted by atomic mass is 79.9. The molecule has 0 fully saturated rings. The van der Waals surface area contributed by atoms with Crippen LogP contribution in [0.4, 0.5) is 5.69 Å². The van der Waals surface area contributed by atoms with E-state index in [1.54, 1.807) is 11.3 Å². The first kappa shape index (κ1) is 10.7. The van der Waals surface area contributed by atoms with Crippen molar-refractivity contribution in [1.29, 1.82) is 0 Å². The minimum absolute atomic E-state index is 0.892. The molecule has 2 N–H and O–H groups in total. The summed E-state index contributed by atoms with van der Waals surface area (Å²) >= 11 is 5.27. The van der Waals surface area contributed by atoms with Crippen molar-refractivity contribution in [2.75, 3.05) is 5.73 Å². The van der Waals surface area contributed by atoms with Crippen molar-refractivity contribution in [2.45, 2.75) is 12.8 Å². The van der Waals surface area contributed by atoms with Crippen LogP contribution in [0.1, 0.15) is 11.1 Å². The molecule has 2 rings (SSSR count). The van der Waals surface area contributed by atoms with Gasteiger partial charge in [0.05, 0.1) is 3.79 Å². The topological polar surface area (TPSA) is 26.0 Å². The van der Waals surface area contributed by atoms with E-state index in [4.69, 9.17) is 5.73 Å². The van der Waals surface area contributed by atoms with Crippen LogP contribution in [0.2, 0.25) is 0 Å². The maximum absolute atomic E-state index is 5.89. The maximum Gasteiger partial charge on any atom is 0.0730 e. The SMILES string of the molecule is Nc1ccccc1CCc1ccsc1Br. The second kappa shape index (κ2) is 4.81. The van der Waals surface area contributed by atoms with Crippen LogP contribution >= 0.6 is 27.3 Å². The molecule has 1 nitrogen and oxygen atoms in total. The van der Waals surface area contributed by atoms with E-state index in [-0.39, 0.29) is 0 Å². The number of halogens is 1. The number of aryl methyl sites for hydroxylation is 2. The highest BCUT2D eigenvalue weighted by Gasteiger charge is 2.03. The number of para-hydroxylation sites is 1. The van der Waals surface area contributed by atoms with E-state index < -0.39 is 0 Å². The molecule has 78 valence electrons. The molecule has 1 aromatic heterocycles. The summed E-state index contributed by atoms with van der Waals surface area (Å²) in [4.78, 5) is 0. The molecule has 0 unspecified atom stereocenters. The first-order valence-electron chi connectivity index (χ1n) is 4.82. The summed E-state index contributed by atoms with van der Waals surface area (Å²) in [5, 5.41) is 2.10. The molecule has 15 heavy (non-hydrogen) atoms. The highest BCUT2D eigenvalue weighted by Crippen LogP contribution is 2.25. The van der Waals surface area contributed by atoms with Crippen molar-refractivity contribution >= 4 is 33.0 Å². The molecule has 0 spiro atoms. The molecule has 0 saturated heterocycles. The molecule has 0 aliphatic rings. The lowest BCUT2D eigenvalue weighted by atomic mass is 10.1. The van der Waals surface area contributed by atoms with E-state index in [1.165, 1.54) is 14.9 Å². The third kappa shape index (κ3) is 2.61. The van der Waals surface area contributed by atoms with E-state index in [0.717, 1.165) is 18.5 Å². The van der Waals surface area contributed by atoms with Crippen molar-refractivity contribution in [1.82, 2.24) is 0 Å². The standard InChI is InChI=1S/C12H12BrNS/c13-12-10(7-8-15-12)6-5-9-3-1-2-4-11(9)14/h1-4,7-8H,5-6,14H2. The highest BCUT2D eigenvalue weighted by molar-refractivity contribution is 9.11. The molecule has 0 atom stereocenters. The number of hydrogen-bond acceptors (Lipinski definition) is 2. The summed E-state index contributed by atoms with van der Waals surface area (Å²) in [6, 6.07) is 10.2. The second-order valence-electron chi connectivity index (χ2n) is 3.42. The van der Waals surface area contributed by atoms with Gasteiger partial charge < -0.3 is 5.73 Å². The summed E-state index contributed by atoms with van der Waals surface area (Å²) in [6.45, 7) is 0. The molecule has 3 heteroatoms. The van der Waals surface area contributed by atoms with Gasteiger partial charge in [0.1, 0.15) is 0 Å². The van der Waals surface area contributed by atoms with Gasteiger partial charge in [-0.1, -0.05) is 18.2 Å². The zero-order valence-corrected chi connectivity index (χ0v) is 10.6. The number of hydrogen-bond donors (Lipinski definition) is 1. The number of benzene rings is 1. The maximum atomic E-state index is 5.89. The Hall–Kier alpha value is -0.800. The first-order valence-corrected chi connectivity index (χ1v) is 6.50. The normalized spacial score (nSPS) is 10.5. The largest absolute Gasteiger partial charge is 0.399 e. The van der Waals surface area contributed by atoms with Crippen molar-refractivity contribution in [3.8, 4) is 0 Å². The Morgan fingerprint density at radius 2 is 1.80 bits per heavy atom. The van der Waals surface area contributed by atoms with Gasteiger partial charge in [-0.2, -0.15) is 0 Å². The predicted molar refractivity (Wildman–Crippen MR) is 70.3 cm³/mol. The Labute approximate surface area is 102 Å². The van der Waals surface area contributed by atoms with Gasteiger partial charge in [-0.3, -0.25) is 0 Å². The van der Waals surface area contributed by atoms with E-state index in [2.05, 4.69) is 33.4 Å². The molecule has 0 bridgehead atoms. The van der Waals surface area contributed by atoms with Crippen LogP contribution in [-0.4, -0.2) is 0 Å². The fourth-order valence-corrected chi connectivity index (χ4v) is 2.86. The van der Waals surface area contributed by atoms with Crippen molar-refractivity contribution in [3.63, 3.8) is 0 Å². The Morgan fingerprint density at radius 1 is 1.07 bits per heavy atom. The molecule has 1 aromatic carbocycles. The van der Waals surface area contributed by atoms with Crippen LogP contribution in [0.5, 0.6) is 0 Å². The van der Waals surface area contributed by atoms with E-state index in [0.29, 0.717) is 0 Å². The van der Waals surface area contributed by atoms with Crippen LogP contribution in [0.15, 0.2) is 39.5 Å². The minimum atomic E-state index is 0.892. The molecule has 2 aromatic rings. The second-order valence-corrected chi connectivity index (χ2v) is 5.65. The average Bonchev–Trinajstić information content (AvgIpc) is 2.63. The van der Waals surface area contributed by atoms with Gasteiger partial charge >= 0.3 is 0 Å². The molecule has 0 aliphatic carbocycles. The summed E-state index contributed by atoms with van der Waals surface area (Å²) in [5.74, 6) is 0. The minimum Gasteiger partial charge on any atom is -0.399 e. The predicted octanol–water partition coefficient (Wildman–Crippen LogP) is 3.88. The zero-order valence-electron chi connectivity index (χ0n) is 8.24. The molecule has 1 heterocycles. The Kier molecular flexibility index (Phi) is 3.44. The summed E-state index contributed by atoms with van der Waals surface area (Å²) < 4.78 is 1.23. The van der Waals surface area contributed by atoms with Gasteiger partial charge in [-0.15, -0.1) is 11.3 Å². The lowest BCUT2D eigenvalue weighted by Crippen LogP contribution is -1.96. The van der Waals surface area contributed by atoms with Crippen LogP contribution < -0.4 is 5.73 Å². The zero-order chi connectivity index (χ0) is 10.7. The number of anilines is 1. The van der Waals surface area contributed by atoms with Gasteiger partial charge in [-0.25, -0.2) is 0 Å². The van der Waals surface area contributed by atoms with Gasteiger partial charge in [0, 0.05) is 5.69 Å². The number of nitrogen functional groups attached to an aromatic ring is 1. The van der Waals surface area contributed by atoms with Gasteiger partial charge in [-0.05, 0) is 57.4 Å². The fraction of sp³-hybridized carbons (Fsp3) is 0.167. The third-order valence-electron chi connectivity index (χ3n) is 2.41. The van der Waals surface area contributed by atoms with Crippen LogP contribution in [0.25, 0.3) is 0 Å². The number of thiophene rings is 1. The molecule has 0 saturated carbocycles. The Bertz CT molecular complexity index is 450. The van der Waals surface area contributed by atoms with Crippen LogP contribution in [0.3, 0.4) is 0 Å².